The van der Waals surface area contributed by atoms with Gasteiger partial charge in [-0.1, -0.05) is 35.9 Å². The minimum Gasteiger partial charge on any atom is -0.481 e. The van der Waals surface area contributed by atoms with Crippen molar-refractivity contribution in [1.82, 2.24) is 15.0 Å². The molecule has 3 rings (SSSR count). The van der Waals surface area contributed by atoms with Gasteiger partial charge in [0.1, 0.15) is 5.69 Å². The second-order valence-electron chi connectivity index (χ2n) is 5.15. The Hall–Kier alpha value is -2.75. The third kappa shape index (κ3) is 2.96. The van der Waals surface area contributed by atoms with Gasteiger partial charge in [0, 0.05) is 17.3 Å². The van der Waals surface area contributed by atoms with E-state index in [4.69, 9.17) is 4.74 Å². The smallest absolute Gasteiger partial charge is 0.217 e. The van der Waals surface area contributed by atoms with Crippen molar-refractivity contribution in [3.05, 3.63) is 59.8 Å². The molecular weight excluding hydrogens is 274 g/mol. The molecule has 0 N–H and O–H groups in total. The summed E-state index contributed by atoms with van der Waals surface area (Å²) in [5, 5.41) is 0. The van der Waals surface area contributed by atoms with Gasteiger partial charge in [0.2, 0.25) is 5.88 Å². The quantitative estimate of drug-likeness (QED) is 0.736. The number of pyridine rings is 1. The lowest BCUT2D eigenvalue weighted by atomic mass is 10.1. The van der Waals surface area contributed by atoms with Crippen LogP contribution < -0.4 is 4.74 Å². The van der Waals surface area contributed by atoms with Crippen LogP contribution in [0.1, 0.15) is 11.3 Å². The molecule has 0 amide bonds. The van der Waals surface area contributed by atoms with Gasteiger partial charge in [-0.15, -0.1) is 0 Å². The number of aromatic nitrogens is 3. The third-order valence-electron chi connectivity index (χ3n) is 3.38. The number of hydrogen-bond acceptors (Lipinski definition) is 4. The minimum atomic E-state index is 0.531. The number of aryl methyl sites for hydroxylation is 2. The first-order valence-electron chi connectivity index (χ1n) is 7.10. The van der Waals surface area contributed by atoms with Crippen LogP contribution in [0, 0.1) is 13.8 Å². The Morgan fingerprint density at radius 1 is 0.818 bits per heavy atom. The summed E-state index contributed by atoms with van der Waals surface area (Å²) in [6.45, 7) is 4.01. The molecule has 110 valence electrons. The summed E-state index contributed by atoms with van der Waals surface area (Å²) in [6, 6.07) is 15.9. The molecule has 3 aromatic rings. The Morgan fingerprint density at radius 3 is 2.27 bits per heavy atom. The van der Waals surface area contributed by atoms with E-state index in [9.17, 15) is 0 Å². The molecule has 0 spiro atoms. The van der Waals surface area contributed by atoms with E-state index in [-0.39, 0.29) is 0 Å². The molecule has 22 heavy (non-hydrogen) atoms. The molecule has 2 aromatic heterocycles. The van der Waals surface area contributed by atoms with Crippen molar-refractivity contribution in [2.45, 2.75) is 13.8 Å². The molecule has 0 saturated carbocycles. The molecular formula is C18H17N3O. The standard InChI is InChI=1S/C18H17N3O/c1-12-7-9-14(10-8-12)16-11-17(22-3)21-18(20-16)15-6-4-5-13(2)19-15/h4-11H,1-3H3. The zero-order chi connectivity index (χ0) is 15.5. The zero-order valence-electron chi connectivity index (χ0n) is 12.9. The van der Waals surface area contributed by atoms with Gasteiger partial charge in [0.05, 0.1) is 12.8 Å². The van der Waals surface area contributed by atoms with Gasteiger partial charge in [-0.05, 0) is 26.0 Å². The Balaban J connectivity index is 2.12. The highest BCUT2D eigenvalue weighted by molar-refractivity contribution is 5.64. The predicted octanol–water partition coefficient (Wildman–Crippen LogP) is 3.83. The Bertz CT molecular complexity index is 798. The fourth-order valence-corrected chi connectivity index (χ4v) is 2.18. The maximum absolute atomic E-state index is 5.31. The summed E-state index contributed by atoms with van der Waals surface area (Å²) < 4.78 is 5.31. The van der Waals surface area contributed by atoms with Crippen LogP contribution >= 0.6 is 0 Å². The molecule has 4 nitrogen and oxygen atoms in total. The van der Waals surface area contributed by atoms with E-state index in [1.54, 1.807) is 7.11 Å². The van der Waals surface area contributed by atoms with Crippen LogP contribution in [0.15, 0.2) is 48.5 Å². The number of benzene rings is 1. The van der Waals surface area contributed by atoms with Gasteiger partial charge in [-0.25, -0.2) is 9.97 Å². The predicted molar refractivity (Wildman–Crippen MR) is 86.7 cm³/mol. The topological polar surface area (TPSA) is 47.9 Å². The third-order valence-corrected chi connectivity index (χ3v) is 3.38. The molecule has 0 radical (unpaired) electrons. The van der Waals surface area contributed by atoms with E-state index in [2.05, 4.69) is 34.0 Å². The van der Waals surface area contributed by atoms with Crippen molar-refractivity contribution in [3.63, 3.8) is 0 Å². The lowest BCUT2D eigenvalue weighted by Crippen LogP contribution is -1.98. The number of methoxy groups -OCH3 is 1. The SMILES string of the molecule is COc1cc(-c2ccc(C)cc2)nc(-c2cccc(C)n2)n1. The minimum absolute atomic E-state index is 0.531. The lowest BCUT2D eigenvalue weighted by molar-refractivity contribution is 0.397. The monoisotopic (exact) mass is 291 g/mol. The first-order valence-corrected chi connectivity index (χ1v) is 7.10. The molecule has 0 aliphatic carbocycles. The number of nitrogens with zero attached hydrogens (tertiary/aromatic N) is 3. The van der Waals surface area contributed by atoms with E-state index in [0.29, 0.717) is 11.7 Å². The van der Waals surface area contributed by atoms with E-state index < -0.39 is 0 Å². The highest BCUT2D eigenvalue weighted by Gasteiger charge is 2.10. The summed E-state index contributed by atoms with van der Waals surface area (Å²) >= 11 is 0. The first-order chi connectivity index (χ1) is 10.7. The van der Waals surface area contributed by atoms with Gasteiger partial charge >= 0.3 is 0 Å². The maximum Gasteiger partial charge on any atom is 0.217 e. The second-order valence-corrected chi connectivity index (χ2v) is 5.15. The Labute approximate surface area is 129 Å². The Morgan fingerprint density at radius 2 is 1.59 bits per heavy atom. The van der Waals surface area contributed by atoms with Crippen molar-refractivity contribution in [3.8, 4) is 28.7 Å². The molecule has 4 heteroatoms. The summed E-state index contributed by atoms with van der Waals surface area (Å²) in [6.07, 6.45) is 0. The van der Waals surface area contributed by atoms with Gasteiger partial charge < -0.3 is 4.74 Å². The van der Waals surface area contributed by atoms with Gasteiger partial charge in [-0.3, -0.25) is 0 Å². The summed E-state index contributed by atoms with van der Waals surface area (Å²) in [5.74, 6) is 1.10. The second kappa shape index (κ2) is 5.93. The maximum atomic E-state index is 5.31. The van der Waals surface area contributed by atoms with E-state index in [1.165, 1.54) is 5.56 Å². The first kappa shape index (κ1) is 14.2. The highest BCUT2D eigenvalue weighted by atomic mass is 16.5. The summed E-state index contributed by atoms with van der Waals surface area (Å²) in [5.41, 5.74) is 4.74. The van der Waals surface area contributed by atoms with Crippen molar-refractivity contribution < 1.29 is 4.74 Å². The van der Waals surface area contributed by atoms with Gasteiger partial charge in [-0.2, -0.15) is 4.98 Å². The summed E-state index contributed by atoms with van der Waals surface area (Å²) in [4.78, 5) is 13.5. The normalized spacial score (nSPS) is 10.5. The molecule has 0 saturated heterocycles. The number of ether oxygens (including phenoxy) is 1. The van der Waals surface area contributed by atoms with Gasteiger partial charge in [0.25, 0.3) is 0 Å². The molecule has 0 fully saturated rings. The molecule has 0 bridgehead atoms. The van der Waals surface area contributed by atoms with Crippen molar-refractivity contribution in [2.75, 3.05) is 7.11 Å². The average molecular weight is 291 g/mol. The van der Waals surface area contributed by atoms with E-state index in [0.717, 1.165) is 22.6 Å². The molecule has 1 aromatic carbocycles. The largest absolute Gasteiger partial charge is 0.481 e. The molecule has 0 aliphatic heterocycles. The lowest BCUT2D eigenvalue weighted by Gasteiger charge is -2.08. The van der Waals surface area contributed by atoms with Crippen LogP contribution in [0.25, 0.3) is 22.8 Å². The van der Waals surface area contributed by atoms with Crippen molar-refractivity contribution >= 4 is 0 Å². The van der Waals surface area contributed by atoms with Crippen LogP contribution in [0.3, 0.4) is 0 Å². The molecule has 0 aliphatic rings. The van der Waals surface area contributed by atoms with Crippen LogP contribution in [0.5, 0.6) is 5.88 Å². The summed E-state index contributed by atoms with van der Waals surface area (Å²) in [7, 11) is 1.61. The fraction of sp³-hybridized carbons (Fsp3) is 0.167. The number of hydrogen-bond donors (Lipinski definition) is 0. The van der Waals surface area contributed by atoms with Crippen LogP contribution in [0.2, 0.25) is 0 Å². The van der Waals surface area contributed by atoms with E-state index >= 15 is 0 Å². The molecule has 2 heterocycles. The van der Waals surface area contributed by atoms with E-state index in [1.807, 2.05) is 43.3 Å². The van der Waals surface area contributed by atoms with Gasteiger partial charge in [0.15, 0.2) is 5.82 Å². The fourth-order valence-electron chi connectivity index (χ4n) is 2.18. The van der Waals surface area contributed by atoms with Crippen LogP contribution in [-0.4, -0.2) is 22.1 Å². The van der Waals surface area contributed by atoms with Crippen LogP contribution in [-0.2, 0) is 0 Å². The van der Waals surface area contributed by atoms with Crippen molar-refractivity contribution in [1.29, 1.82) is 0 Å². The molecule has 0 atom stereocenters. The number of rotatable bonds is 3. The van der Waals surface area contributed by atoms with Crippen molar-refractivity contribution in [2.24, 2.45) is 0 Å². The zero-order valence-corrected chi connectivity index (χ0v) is 12.9. The molecule has 0 unspecified atom stereocenters. The van der Waals surface area contributed by atoms with Crippen LogP contribution in [0.4, 0.5) is 0 Å². The highest BCUT2D eigenvalue weighted by Crippen LogP contribution is 2.24. The average Bonchev–Trinajstić information content (AvgIpc) is 2.55. The Kier molecular flexibility index (Phi) is 3.83.